The molecule has 2 unspecified atom stereocenters. The van der Waals surface area contributed by atoms with E-state index in [1.54, 1.807) is 25.1 Å². The first-order valence-electron chi connectivity index (χ1n) is 14.3. The summed E-state index contributed by atoms with van der Waals surface area (Å²) in [4.78, 5) is 17.0. The standard InChI is InChI=1S/C35H33NO7/c1-23-30(36-33(42-23)27-10-6-9-26(19-27)25-7-4-3-5-8-25)17-18-39-28-13-11-24(12-14-28)21-35(2,34(37)38)43-29-15-16-31-32(20-29)41-22-40-31/h3-11,13-16,19-20,24H,12,17-18,21-22H2,1-2H3,(H,37,38). The van der Waals surface area contributed by atoms with Gasteiger partial charge in [-0.3, -0.25) is 0 Å². The molecule has 2 aliphatic rings. The van der Waals surface area contributed by atoms with Crippen LogP contribution in [-0.4, -0.2) is 35.1 Å². The number of carbonyl (C=O) groups is 1. The molecule has 0 fully saturated rings. The topological polar surface area (TPSA) is 100 Å². The van der Waals surface area contributed by atoms with E-state index >= 15 is 0 Å². The summed E-state index contributed by atoms with van der Waals surface area (Å²) < 4.78 is 28.7. The second kappa shape index (κ2) is 12.1. The quantitative estimate of drug-likeness (QED) is 0.197. The Bertz CT molecular complexity index is 1670. The minimum absolute atomic E-state index is 0.0190. The van der Waals surface area contributed by atoms with Crippen molar-refractivity contribution in [2.24, 2.45) is 5.92 Å². The molecule has 0 spiro atoms. The fraction of sp³-hybridized carbons (Fsp3) is 0.257. The molecule has 1 aliphatic carbocycles. The molecule has 6 rings (SSSR count). The maximum atomic E-state index is 12.2. The largest absolute Gasteiger partial charge is 0.494 e. The summed E-state index contributed by atoms with van der Waals surface area (Å²) in [7, 11) is 0. The van der Waals surface area contributed by atoms with Crippen LogP contribution in [0.25, 0.3) is 22.6 Å². The fourth-order valence-electron chi connectivity index (χ4n) is 5.29. The van der Waals surface area contributed by atoms with E-state index in [4.69, 9.17) is 28.3 Å². The fourth-order valence-corrected chi connectivity index (χ4v) is 5.29. The summed E-state index contributed by atoms with van der Waals surface area (Å²) in [6.45, 7) is 4.09. The number of oxazole rings is 1. The van der Waals surface area contributed by atoms with E-state index in [0.717, 1.165) is 33.9 Å². The number of aliphatic carboxylic acids is 1. The SMILES string of the molecule is Cc1oc(-c2cccc(-c3ccccc3)c2)nc1CCOC1=CCC(CC(C)(Oc2ccc3c(c2)OCO3)C(=O)O)C=C1. The number of allylic oxidation sites excluding steroid dienone is 3. The van der Waals surface area contributed by atoms with Gasteiger partial charge in [0.1, 0.15) is 17.3 Å². The molecule has 0 saturated carbocycles. The number of rotatable bonds is 11. The predicted octanol–water partition coefficient (Wildman–Crippen LogP) is 7.38. The highest BCUT2D eigenvalue weighted by Crippen LogP contribution is 2.38. The number of carboxylic acids is 1. The Morgan fingerprint density at radius 2 is 1.79 bits per heavy atom. The molecule has 0 bridgehead atoms. The van der Waals surface area contributed by atoms with Gasteiger partial charge in [0.15, 0.2) is 11.5 Å². The highest BCUT2D eigenvalue weighted by Gasteiger charge is 2.38. The maximum absolute atomic E-state index is 12.2. The van der Waals surface area contributed by atoms with Crippen LogP contribution in [0.1, 0.15) is 31.2 Å². The third kappa shape index (κ3) is 6.43. The molecule has 8 nitrogen and oxygen atoms in total. The van der Waals surface area contributed by atoms with Gasteiger partial charge in [-0.05, 0) is 73.7 Å². The number of aryl methyl sites for hydroxylation is 1. The number of carboxylic acid groups (broad SMARTS) is 1. The van der Waals surface area contributed by atoms with Crippen LogP contribution in [0.15, 0.2) is 101 Å². The number of fused-ring (bicyclic) bond motifs is 1. The molecule has 1 aromatic heterocycles. The van der Waals surface area contributed by atoms with Crippen LogP contribution < -0.4 is 14.2 Å². The normalized spacial score (nSPS) is 16.8. The van der Waals surface area contributed by atoms with E-state index in [2.05, 4.69) is 24.3 Å². The van der Waals surface area contributed by atoms with Crippen LogP contribution in [0.5, 0.6) is 17.2 Å². The van der Waals surface area contributed by atoms with Crippen molar-refractivity contribution in [3.8, 4) is 39.8 Å². The average Bonchev–Trinajstić information content (AvgIpc) is 3.64. The maximum Gasteiger partial charge on any atom is 0.347 e. The van der Waals surface area contributed by atoms with Gasteiger partial charge in [-0.25, -0.2) is 9.78 Å². The van der Waals surface area contributed by atoms with Crippen molar-refractivity contribution in [2.45, 2.75) is 38.7 Å². The van der Waals surface area contributed by atoms with Crippen LogP contribution in [-0.2, 0) is 16.0 Å². The van der Waals surface area contributed by atoms with Crippen molar-refractivity contribution in [3.05, 3.63) is 108 Å². The molecule has 220 valence electrons. The van der Waals surface area contributed by atoms with Crippen molar-refractivity contribution in [3.63, 3.8) is 0 Å². The Labute approximate surface area is 250 Å². The minimum atomic E-state index is -1.42. The molecule has 2 atom stereocenters. The molecular formula is C35H33NO7. The highest BCUT2D eigenvalue weighted by atomic mass is 16.7. The zero-order valence-corrected chi connectivity index (χ0v) is 24.1. The van der Waals surface area contributed by atoms with Gasteiger partial charge in [-0.1, -0.05) is 48.5 Å². The number of aromatic nitrogens is 1. The third-order valence-electron chi connectivity index (χ3n) is 7.66. The Balaban J connectivity index is 1.02. The molecule has 3 aromatic carbocycles. The molecule has 8 heteroatoms. The lowest BCUT2D eigenvalue weighted by Gasteiger charge is -2.30. The molecule has 1 aliphatic heterocycles. The number of ether oxygens (including phenoxy) is 4. The van der Waals surface area contributed by atoms with Gasteiger partial charge in [0.2, 0.25) is 18.3 Å². The van der Waals surface area contributed by atoms with E-state index < -0.39 is 11.6 Å². The van der Waals surface area contributed by atoms with Crippen LogP contribution in [0.3, 0.4) is 0 Å². The molecular weight excluding hydrogens is 546 g/mol. The van der Waals surface area contributed by atoms with Gasteiger partial charge >= 0.3 is 5.97 Å². The monoisotopic (exact) mass is 579 g/mol. The molecule has 0 saturated heterocycles. The highest BCUT2D eigenvalue weighted by molar-refractivity contribution is 5.77. The zero-order chi connectivity index (χ0) is 29.8. The lowest BCUT2D eigenvalue weighted by Crippen LogP contribution is -2.43. The lowest BCUT2D eigenvalue weighted by molar-refractivity contribution is -0.155. The van der Waals surface area contributed by atoms with Crippen LogP contribution in [0.2, 0.25) is 0 Å². The van der Waals surface area contributed by atoms with E-state index in [9.17, 15) is 9.90 Å². The van der Waals surface area contributed by atoms with Crippen molar-refractivity contribution >= 4 is 5.97 Å². The third-order valence-corrected chi connectivity index (χ3v) is 7.66. The Morgan fingerprint density at radius 3 is 2.58 bits per heavy atom. The van der Waals surface area contributed by atoms with Gasteiger partial charge in [-0.15, -0.1) is 0 Å². The molecule has 0 radical (unpaired) electrons. The van der Waals surface area contributed by atoms with Gasteiger partial charge in [-0.2, -0.15) is 0 Å². The van der Waals surface area contributed by atoms with Crippen LogP contribution >= 0.6 is 0 Å². The van der Waals surface area contributed by atoms with Crippen LogP contribution in [0, 0.1) is 12.8 Å². The van der Waals surface area contributed by atoms with Gasteiger partial charge < -0.3 is 28.5 Å². The summed E-state index contributed by atoms with van der Waals surface area (Å²) in [6.07, 6.45) is 7.41. The average molecular weight is 580 g/mol. The summed E-state index contributed by atoms with van der Waals surface area (Å²) in [6, 6.07) is 23.5. The second-order valence-electron chi connectivity index (χ2n) is 10.9. The first-order chi connectivity index (χ1) is 20.9. The van der Waals surface area contributed by atoms with E-state index in [1.807, 2.05) is 55.5 Å². The minimum Gasteiger partial charge on any atom is -0.494 e. The Morgan fingerprint density at radius 1 is 1.00 bits per heavy atom. The van der Waals surface area contributed by atoms with E-state index in [-0.39, 0.29) is 12.7 Å². The van der Waals surface area contributed by atoms with Gasteiger partial charge in [0.25, 0.3) is 0 Å². The molecule has 4 aromatic rings. The number of nitrogens with zero attached hydrogens (tertiary/aromatic N) is 1. The number of benzene rings is 3. The summed E-state index contributed by atoms with van der Waals surface area (Å²) in [5.74, 6) is 2.65. The lowest BCUT2D eigenvalue weighted by atomic mass is 9.87. The zero-order valence-electron chi connectivity index (χ0n) is 24.1. The predicted molar refractivity (Wildman–Crippen MR) is 161 cm³/mol. The van der Waals surface area contributed by atoms with Crippen molar-refractivity contribution in [1.29, 1.82) is 0 Å². The van der Waals surface area contributed by atoms with E-state index in [0.29, 0.717) is 49.0 Å². The van der Waals surface area contributed by atoms with Crippen molar-refractivity contribution in [2.75, 3.05) is 13.4 Å². The summed E-state index contributed by atoms with van der Waals surface area (Å²) >= 11 is 0. The van der Waals surface area contributed by atoms with Gasteiger partial charge in [0, 0.05) is 24.5 Å². The smallest absolute Gasteiger partial charge is 0.347 e. The Kier molecular flexibility index (Phi) is 7.92. The van der Waals surface area contributed by atoms with Crippen molar-refractivity contribution < 1.29 is 33.3 Å². The first-order valence-corrected chi connectivity index (χ1v) is 14.3. The molecule has 43 heavy (non-hydrogen) atoms. The molecule has 2 heterocycles. The van der Waals surface area contributed by atoms with Crippen molar-refractivity contribution in [1.82, 2.24) is 4.98 Å². The second-order valence-corrected chi connectivity index (χ2v) is 10.9. The van der Waals surface area contributed by atoms with E-state index in [1.165, 1.54) is 0 Å². The summed E-state index contributed by atoms with van der Waals surface area (Å²) in [5, 5.41) is 10.00. The van der Waals surface area contributed by atoms with Gasteiger partial charge in [0.05, 0.1) is 12.3 Å². The number of hydrogen-bond acceptors (Lipinski definition) is 7. The van der Waals surface area contributed by atoms with Crippen LogP contribution in [0.4, 0.5) is 0 Å². The summed E-state index contributed by atoms with van der Waals surface area (Å²) in [5.41, 5.74) is 2.61. The number of hydrogen-bond donors (Lipinski definition) is 1. The molecule has 1 N–H and O–H groups in total. The first kappa shape index (κ1) is 28.2. The Hall–Kier alpha value is -4.98. The molecule has 0 amide bonds.